The summed E-state index contributed by atoms with van der Waals surface area (Å²) >= 11 is 0. The molecule has 0 saturated carbocycles. The third-order valence-corrected chi connectivity index (χ3v) is 6.87. The first-order valence-electron chi connectivity index (χ1n) is 12.7. The number of para-hydroxylation sites is 1. The zero-order chi connectivity index (χ0) is 24.0. The molecule has 0 fully saturated rings. The summed E-state index contributed by atoms with van der Waals surface area (Å²) < 4.78 is 7.68. The molecule has 0 spiro atoms. The number of hydrogen-bond donors (Lipinski definition) is 0. The first kappa shape index (κ1) is 28.4. The zero-order valence-corrected chi connectivity index (χ0v) is 22.2. The Morgan fingerprint density at radius 3 is 1.84 bits per heavy atom. The van der Waals surface area contributed by atoms with E-state index in [0.29, 0.717) is 5.75 Å². The highest BCUT2D eigenvalue weighted by Crippen LogP contribution is 2.23. The highest BCUT2D eigenvalue weighted by molar-refractivity contribution is 5.70. The van der Waals surface area contributed by atoms with Crippen LogP contribution in [0.15, 0.2) is 24.3 Å². The van der Waals surface area contributed by atoms with Gasteiger partial charge in [0, 0.05) is 19.7 Å². The van der Waals surface area contributed by atoms with E-state index >= 15 is 0 Å². The van der Waals surface area contributed by atoms with Crippen molar-refractivity contribution in [1.82, 2.24) is 4.90 Å². The molecule has 1 rings (SSSR count). The lowest BCUT2D eigenvalue weighted by Crippen LogP contribution is -2.44. The predicted octanol–water partition coefficient (Wildman–Crippen LogP) is 5.93. The molecule has 0 N–H and O–H groups in total. The van der Waals surface area contributed by atoms with E-state index in [9.17, 15) is 4.79 Å². The second-order valence-corrected chi connectivity index (χ2v) is 10.5. The van der Waals surface area contributed by atoms with Crippen molar-refractivity contribution in [2.45, 2.75) is 71.8 Å². The van der Waals surface area contributed by atoms with Crippen LogP contribution in [0.1, 0.15) is 70.8 Å². The van der Waals surface area contributed by atoms with E-state index in [1.54, 1.807) is 14.1 Å². The number of nitrogens with zero attached hydrogens (tertiary/aromatic N) is 3. The molecule has 1 aromatic rings. The number of unbranched alkanes of at least 4 members (excludes halogenated alkanes) is 7. The summed E-state index contributed by atoms with van der Waals surface area (Å²) in [6.45, 7) is 10.4. The summed E-state index contributed by atoms with van der Waals surface area (Å²) in [6.07, 6.45) is 10.5. The van der Waals surface area contributed by atoms with Crippen molar-refractivity contribution in [2.24, 2.45) is 0 Å². The van der Waals surface area contributed by atoms with Crippen molar-refractivity contribution < 1.29 is 18.5 Å². The fraction of sp³-hybridized carbons (Fsp3) is 0.741. The smallest absolute Gasteiger partial charge is 0.410 e. The second-order valence-electron chi connectivity index (χ2n) is 10.5. The van der Waals surface area contributed by atoms with Crippen LogP contribution in [0.2, 0.25) is 0 Å². The van der Waals surface area contributed by atoms with E-state index in [-0.39, 0.29) is 6.09 Å². The summed E-state index contributed by atoms with van der Waals surface area (Å²) in [5.74, 6) is 0.675. The summed E-state index contributed by atoms with van der Waals surface area (Å²) in [5.41, 5.74) is 1.09. The van der Waals surface area contributed by atoms with Gasteiger partial charge < -0.3 is 18.6 Å². The van der Waals surface area contributed by atoms with Gasteiger partial charge >= 0.3 is 6.09 Å². The van der Waals surface area contributed by atoms with E-state index in [1.807, 2.05) is 18.2 Å². The Bertz CT molecular complexity index is 654. The van der Waals surface area contributed by atoms with Crippen molar-refractivity contribution >= 4 is 6.09 Å². The van der Waals surface area contributed by atoms with E-state index in [4.69, 9.17) is 4.74 Å². The fourth-order valence-electron chi connectivity index (χ4n) is 4.09. The lowest BCUT2D eigenvalue weighted by molar-refractivity contribution is -0.906. The number of hydrogen-bond acceptors (Lipinski definition) is 2. The molecular weight excluding hydrogens is 398 g/mol. The molecule has 0 atom stereocenters. The van der Waals surface area contributed by atoms with Crippen LogP contribution in [-0.4, -0.2) is 81.4 Å². The van der Waals surface area contributed by atoms with Gasteiger partial charge in [-0.2, -0.15) is 0 Å². The number of quaternary nitrogens is 2. The molecule has 32 heavy (non-hydrogen) atoms. The summed E-state index contributed by atoms with van der Waals surface area (Å²) in [4.78, 5) is 13.4. The molecule has 5 heteroatoms. The summed E-state index contributed by atoms with van der Waals surface area (Å²) in [7, 11) is 10.3. The topological polar surface area (TPSA) is 29.5 Å². The first-order valence-corrected chi connectivity index (χ1v) is 12.7. The third-order valence-electron chi connectivity index (χ3n) is 6.87. The van der Waals surface area contributed by atoms with Crippen LogP contribution in [-0.2, 0) is 6.54 Å². The van der Waals surface area contributed by atoms with Crippen molar-refractivity contribution in [2.75, 3.05) is 61.4 Å². The normalized spacial score (nSPS) is 12.1. The molecular formula is C27H51N3O2+2. The fourth-order valence-corrected chi connectivity index (χ4v) is 4.09. The molecule has 0 unspecified atom stereocenters. The van der Waals surface area contributed by atoms with Crippen LogP contribution in [0.3, 0.4) is 0 Å². The van der Waals surface area contributed by atoms with Gasteiger partial charge in [-0.25, -0.2) is 4.79 Å². The Labute approximate surface area is 198 Å². The van der Waals surface area contributed by atoms with Gasteiger partial charge in [0.1, 0.15) is 12.3 Å². The highest BCUT2D eigenvalue weighted by atomic mass is 16.6. The minimum atomic E-state index is -0.327. The zero-order valence-electron chi connectivity index (χ0n) is 22.2. The molecule has 0 heterocycles. The van der Waals surface area contributed by atoms with Gasteiger partial charge in [0.15, 0.2) is 0 Å². The quantitative estimate of drug-likeness (QED) is 0.231. The van der Waals surface area contributed by atoms with Crippen LogP contribution in [0.25, 0.3) is 0 Å². The molecule has 0 radical (unpaired) electrons. The van der Waals surface area contributed by atoms with E-state index in [1.165, 1.54) is 80.4 Å². The third kappa shape index (κ3) is 11.3. The predicted molar refractivity (Wildman–Crippen MR) is 136 cm³/mol. The van der Waals surface area contributed by atoms with Gasteiger partial charge in [0.2, 0.25) is 0 Å². The van der Waals surface area contributed by atoms with Gasteiger partial charge in [-0.3, -0.25) is 0 Å². The lowest BCUT2D eigenvalue weighted by atomic mass is 10.1. The maximum atomic E-state index is 12.0. The van der Waals surface area contributed by atoms with Crippen molar-refractivity contribution in [3.8, 4) is 5.75 Å². The van der Waals surface area contributed by atoms with Crippen molar-refractivity contribution in [3.05, 3.63) is 29.8 Å². The first-order chi connectivity index (χ1) is 15.1. The molecule has 0 saturated heterocycles. The summed E-state index contributed by atoms with van der Waals surface area (Å²) in [5, 5.41) is 0. The van der Waals surface area contributed by atoms with E-state index in [0.717, 1.165) is 23.1 Å². The largest absolute Gasteiger partial charge is 0.414 e. The van der Waals surface area contributed by atoms with Gasteiger partial charge in [-0.15, -0.1) is 0 Å². The van der Waals surface area contributed by atoms with Crippen molar-refractivity contribution in [3.63, 3.8) is 0 Å². The standard InChI is InChI=1S/C27H51N3O2/c1-8-30(7,9-2)23-19-15-13-11-10-12-14-18-22-29(5,6)24-25-20-16-17-21-26(25)32-27(31)28(3)4/h16-17,20-21H,8-15,18-19,22-24H2,1-7H3/q+2. The number of amides is 1. The Morgan fingerprint density at radius 2 is 1.31 bits per heavy atom. The number of rotatable bonds is 16. The van der Waals surface area contributed by atoms with E-state index < -0.39 is 0 Å². The molecule has 184 valence electrons. The maximum absolute atomic E-state index is 12.0. The van der Waals surface area contributed by atoms with Crippen LogP contribution < -0.4 is 4.74 Å². The van der Waals surface area contributed by atoms with Gasteiger partial charge in [0.25, 0.3) is 0 Å². The Morgan fingerprint density at radius 1 is 0.812 bits per heavy atom. The molecule has 0 aliphatic rings. The highest BCUT2D eigenvalue weighted by Gasteiger charge is 2.20. The molecule has 1 aromatic carbocycles. The van der Waals surface area contributed by atoms with Crippen LogP contribution in [0, 0.1) is 0 Å². The Kier molecular flexibility index (Phi) is 12.9. The minimum absolute atomic E-state index is 0.327. The van der Waals surface area contributed by atoms with Crippen molar-refractivity contribution in [1.29, 1.82) is 0 Å². The maximum Gasteiger partial charge on any atom is 0.414 e. The van der Waals surface area contributed by atoms with Crippen LogP contribution >= 0.6 is 0 Å². The van der Waals surface area contributed by atoms with Gasteiger partial charge in [0.05, 0.1) is 47.3 Å². The Hall–Kier alpha value is -1.59. The van der Waals surface area contributed by atoms with Crippen LogP contribution in [0.4, 0.5) is 4.79 Å². The van der Waals surface area contributed by atoms with E-state index in [2.05, 4.69) is 41.1 Å². The molecule has 0 aromatic heterocycles. The number of carbonyl (C=O) groups excluding carboxylic acids is 1. The monoisotopic (exact) mass is 449 g/mol. The van der Waals surface area contributed by atoms with Crippen LogP contribution in [0.5, 0.6) is 5.75 Å². The Balaban J connectivity index is 2.24. The minimum Gasteiger partial charge on any atom is -0.410 e. The molecule has 0 aliphatic carbocycles. The second kappa shape index (κ2) is 14.5. The SMILES string of the molecule is CC[N+](C)(CC)CCCCCCCCCC[N+](C)(C)Cc1ccccc1OC(=O)N(C)C. The number of carbonyl (C=O) groups is 1. The lowest BCUT2D eigenvalue weighted by Gasteiger charge is -2.32. The molecule has 0 aliphatic heterocycles. The average Bonchev–Trinajstić information content (AvgIpc) is 2.75. The number of ether oxygens (including phenoxy) is 1. The van der Waals surface area contributed by atoms with Gasteiger partial charge in [-0.05, 0) is 51.7 Å². The van der Waals surface area contributed by atoms with Gasteiger partial charge in [-0.1, -0.05) is 37.8 Å². The summed E-state index contributed by atoms with van der Waals surface area (Å²) in [6, 6.07) is 7.90. The number of benzene rings is 1. The molecule has 5 nitrogen and oxygen atoms in total. The average molecular weight is 450 g/mol. The molecule has 1 amide bonds. The molecule has 0 bridgehead atoms.